The summed E-state index contributed by atoms with van der Waals surface area (Å²) in [5.41, 5.74) is 10.8. The molecule has 0 aliphatic heterocycles. The van der Waals surface area contributed by atoms with Gasteiger partial charge in [0.1, 0.15) is 0 Å². The Morgan fingerprint density at radius 3 is 1.17 bits per heavy atom. The molecule has 6 heteroatoms. The van der Waals surface area contributed by atoms with Crippen LogP contribution in [0.15, 0.2) is 0 Å². The summed E-state index contributed by atoms with van der Waals surface area (Å²) in [7, 11) is 3.51. The van der Waals surface area contributed by atoms with Crippen molar-refractivity contribution in [3.05, 3.63) is 0 Å². The molecule has 2 saturated carbocycles. The molecular weight excluding hydrogens is 275 g/mol. The van der Waals surface area contributed by atoms with E-state index in [1.807, 2.05) is 0 Å². The second-order valence-electron chi connectivity index (χ2n) is 4.69. The monoisotopic (exact) mass is 302 g/mol. The molecule has 0 spiro atoms. The van der Waals surface area contributed by atoms with E-state index in [2.05, 4.69) is 0 Å². The van der Waals surface area contributed by atoms with Gasteiger partial charge in [-0.05, 0) is 50.6 Å². The van der Waals surface area contributed by atoms with Crippen molar-refractivity contribution >= 4 is 24.8 Å². The first-order valence-corrected chi connectivity index (χ1v) is 6.22. The molecule has 0 saturated heterocycles. The maximum atomic E-state index is 5.42. The first-order valence-electron chi connectivity index (χ1n) is 6.22. The van der Waals surface area contributed by atoms with Crippen molar-refractivity contribution in [1.82, 2.24) is 0 Å². The van der Waals surface area contributed by atoms with Crippen LogP contribution in [0, 0.1) is 11.8 Å². The highest BCUT2D eigenvalue weighted by molar-refractivity contribution is 5.85. The van der Waals surface area contributed by atoms with Gasteiger partial charge >= 0.3 is 0 Å². The Hall–Kier alpha value is 0.420. The number of methoxy groups -OCH3 is 2. The highest BCUT2D eigenvalue weighted by Gasteiger charge is 2.29. The molecule has 2 aliphatic carbocycles. The van der Waals surface area contributed by atoms with E-state index >= 15 is 0 Å². The van der Waals surface area contributed by atoms with E-state index in [1.165, 1.54) is 25.7 Å². The van der Waals surface area contributed by atoms with Crippen LogP contribution >= 0.6 is 24.8 Å². The summed E-state index contributed by atoms with van der Waals surface area (Å²) >= 11 is 0. The highest BCUT2D eigenvalue weighted by Crippen LogP contribution is 2.28. The van der Waals surface area contributed by atoms with Crippen LogP contribution in [-0.4, -0.2) is 39.5 Å². The number of rotatable bonds is 4. The Labute approximate surface area is 123 Å². The second kappa shape index (κ2) is 11.3. The number of halogens is 2. The van der Waals surface area contributed by atoms with E-state index in [4.69, 9.17) is 20.9 Å². The highest BCUT2D eigenvalue weighted by atomic mass is 35.5. The molecular formula is C12H28Cl2N2O2. The third-order valence-electron chi connectivity index (χ3n) is 3.91. The van der Waals surface area contributed by atoms with E-state index in [1.54, 1.807) is 14.2 Å². The quantitative estimate of drug-likeness (QED) is 0.827. The van der Waals surface area contributed by atoms with Crippen LogP contribution < -0.4 is 11.5 Å². The maximum absolute atomic E-state index is 5.42. The standard InChI is InChI=1S/2C6H13NO.2ClH/c2*1-8-6-3-2-5(6)4-7;;/h2*5-6H,2-4,7H2,1H3;2*1H/t2*5-,6+;;/m10../s1. The van der Waals surface area contributed by atoms with Crippen molar-refractivity contribution < 1.29 is 9.47 Å². The zero-order chi connectivity index (χ0) is 12.0. The third-order valence-corrected chi connectivity index (χ3v) is 3.91. The Bertz CT molecular complexity index is 151. The third kappa shape index (κ3) is 5.59. The van der Waals surface area contributed by atoms with Crippen LogP contribution in [0.2, 0.25) is 0 Å². The Morgan fingerprint density at radius 2 is 1.11 bits per heavy atom. The molecule has 4 atom stereocenters. The molecule has 112 valence electrons. The topological polar surface area (TPSA) is 70.5 Å². The fraction of sp³-hybridized carbons (Fsp3) is 1.00. The minimum atomic E-state index is 0. The Morgan fingerprint density at radius 1 is 0.778 bits per heavy atom. The van der Waals surface area contributed by atoms with Gasteiger partial charge in [0.15, 0.2) is 0 Å². The lowest BCUT2D eigenvalue weighted by atomic mass is 9.82. The molecule has 0 heterocycles. The maximum Gasteiger partial charge on any atom is 0.0611 e. The molecule has 0 bridgehead atoms. The van der Waals surface area contributed by atoms with Gasteiger partial charge in [0, 0.05) is 14.2 Å². The van der Waals surface area contributed by atoms with Crippen molar-refractivity contribution in [2.24, 2.45) is 23.3 Å². The molecule has 2 aliphatic rings. The predicted octanol–water partition coefficient (Wildman–Crippen LogP) is 1.58. The van der Waals surface area contributed by atoms with Crippen molar-refractivity contribution in [3.63, 3.8) is 0 Å². The molecule has 0 unspecified atom stereocenters. The summed E-state index contributed by atoms with van der Waals surface area (Å²) in [5.74, 6) is 1.31. The number of hydrogen-bond acceptors (Lipinski definition) is 4. The van der Waals surface area contributed by atoms with Crippen LogP contribution in [0.3, 0.4) is 0 Å². The first-order chi connectivity index (χ1) is 7.76. The molecule has 4 nitrogen and oxygen atoms in total. The SMILES string of the molecule is CO[C@@H]1CC[C@H]1CN.CO[C@H]1CC[C@@H]1CN.Cl.Cl. The fourth-order valence-electron chi connectivity index (χ4n) is 2.24. The molecule has 4 N–H and O–H groups in total. The first kappa shape index (κ1) is 20.7. The van der Waals surface area contributed by atoms with Crippen LogP contribution in [0.1, 0.15) is 25.7 Å². The minimum absolute atomic E-state index is 0. The van der Waals surface area contributed by atoms with Crippen molar-refractivity contribution in [2.45, 2.75) is 37.9 Å². The lowest BCUT2D eigenvalue weighted by Crippen LogP contribution is -2.38. The zero-order valence-corrected chi connectivity index (χ0v) is 13.0. The van der Waals surface area contributed by atoms with Gasteiger partial charge < -0.3 is 20.9 Å². The summed E-state index contributed by atoms with van der Waals surface area (Å²) in [6.07, 6.45) is 5.88. The van der Waals surface area contributed by atoms with Crippen molar-refractivity contribution in [1.29, 1.82) is 0 Å². The van der Waals surface area contributed by atoms with Gasteiger partial charge in [-0.2, -0.15) is 0 Å². The van der Waals surface area contributed by atoms with E-state index < -0.39 is 0 Å². The minimum Gasteiger partial charge on any atom is -0.381 e. The normalized spacial score (nSPS) is 32.7. The smallest absolute Gasteiger partial charge is 0.0611 e. The molecule has 0 amide bonds. The summed E-state index contributed by atoms with van der Waals surface area (Å²) in [5, 5.41) is 0. The number of ether oxygens (including phenoxy) is 2. The van der Waals surface area contributed by atoms with Gasteiger partial charge in [-0.1, -0.05) is 0 Å². The molecule has 0 radical (unpaired) electrons. The molecule has 0 aromatic rings. The van der Waals surface area contributed by atoms with Crippen LogP contribution in [0.4, 0.5) is 0 Å². The number of nitrogens with two attached hydrogens (primary N) is 2. The summed E-state index contributed by atoms with van der Waals surface area (Å²) in [6, 6.07) is 0. The van der Waals surface area contributed by atoms with Crippen LogP contribution in [0.25, 0.3) is 0 Å². The van der Waals surface area contributed by atoms with Gasteiger partial charge in [-0.15, -0.1) is 24.8 Å². The summed E-state index contributed by atoms with van der Waals surface area (Å²) in [6.45, 7) is 1.58. The second-order valence-corrected chi connectivity index (χ2v) is 4.69. The molecule has 0 aromatic heterocycles. The van der Waals surface area contributed by atoms with Gasteiger partial charge in [0.25, 0.3) is 0 Å². The average Bonchev–Trinajstić information content (AvgIpc) is 2.18. The van der Waals surface area contributed by atoms with Crippen molar-refractivity contribution in [2.75, 3.05) is 27.3 Å². The summed E-state index contributed by atoms with van der Waals surface area (Å²) in [4.78, 5) is 0. The number of hydrogen-bond donors (Lipinski definition) is 2. The predicted molar refractivity (Wildman–Crippen MR) is 79.6 cm³/mol. The van der Waals surface area contributed by atoms with Gasteiger partial charge in [0.2, 0.25) is 0 Å². The lowest BCUT2D eigenvalue weighted by Gasteiger charge is -2.34. The fourth-order valence-corrected chi connectivity index (χ4v) is 2.24. The molecule has 0 aromatic carbocycles. The van der Waals surface area contributed by atoms with E-state index in [9.17, 15) is 0 Å². The Kier molecular flexibility index (Phi) is 13.0. The van der Waals surface area contributed by atoms with Crippen LogP contribution in [-0.2, 0) is 9.47 Å². The average molecular weight is 303 g/mol. The summed E-state index contributed by atoms with van der Waals surface area (Å²) < 4.78 is 10.2. The van der Waals surface area contributed by atoms with Gasteiger partial charge in [-0.25, -0.2) is 0 Å². The van der Waals surface area contributed by atoms with Crippen molar-refractivity contribution in [3.8, 4) is 0 Å². The zero-order valence-electron chi connectivity index (χ0n) is 11.3. The van der Waals surface area contributed by atoms with Crippen LogP contribution in [0.5, 0.6) is 0 Å². The molecule has 2 fully saturated rings. The van der Waals surface area contributed by atoms with E-state index in [0.717, 1.165) is 13.1 Å². The van der Waals surface area contributed by atoms with Gasteiger partial charge in [-0.3, -0.25) is 0 Å². The molecule has 2 rings (SSSR count). The van der Waals surface area contributed by atoms with E-state index in [-0.39, 0.29) is 24.8 Å². The molecule has 18 heavy (non-hydrogen) atoms. The Balaban J connectivity index is 0. The lowest BCUT2D eigenvalue weighted by molar-refractivity contribution is -0.0118. The van der Waals surface area contributed by atoms with E-state index in [0.29, 0.717) is 24.0 Å². The van der Waals surface area contributed by atoms with Gasteiger partial charge in [0.05, 0.1) is 12.2 Å². The largest absolute Gasteiger partial charge is 0.381 e.